The van der Waals surface area contributed by atoms with E-state index < -0.39 is 5.97 Å². The molecule has 0 aliphatic heterocycles. The average Bonchev–Trinajstić information content (AvgIpc) is 2.34. The van der Waals surface area contributed by atoms with Gasteiger partial charge in [-0.25, -0.2) is 4.98 Å². The molecular formula is C7H10N2O2S. The largest absolute Gasteiger partial charge is 0.481 e. The maximum atomic E-state index is 10.3. The van der Waals surface area contributed by atoms with Crippen LogP contribution in [0.4, 0.5) is 0 Å². The van der Waals surface area contributed by atoms with Gasteiger partial charge < -0.3 is 5.11 Å². The van der Waals surface area contributed by atoms with Gasteiger partial charge in [-0.2, -0.15) is 4.37 Å². The summed E-state index contributed by atoms with van der Waals surface area (Å²) in [6.45, 7) is 3.96. The van der Waals surface area contributed by atoms with Gasteiger partial charge in [0.1, 0.15) is 10.8 Å². The van der Waals surface area contributed by atoms with Crippen molar-refractivity contribution in [1.82, 2.24) is 9.36 Å². The molecule has 0 aliphatic rings. The van der Waals surface area contributed by atoms with Crippen molar-refractivity contribution < 1.29 is 9.90 Å². The zero-order valence-corrected chi connectivity index (χ0v) is 7.76. The number of carbonyl (C=O) groups is 1. The summed E-state index contributed by atoms with van der Waals surface area (Å²) in [6, 6.07) is 0. The number of hydrogen-bond acceptors (Lipinski definition) is 4. The smallest absolute Gasteiger partial charge is 0.310 e. The minimum Gasteiger partial charge on any atom is -0.481 e. The molecule has 0 amide bonds. The van der Waals surface area contributed by atoms with E-state index in [9.17, 15) is 4.79 Å². The van der Waals surface area contributed by atoms with E-state index in [1.807, 2.05) is 13.8 Å². The molecule has 0 saturated heterocycles. The Balaban J connectivity index is 2.70. The quantitative estimate of drug-likeness (QED) is 0.772. The van der Waals surface area contributed by atoms with Crippen LogP contribution >= 0.6 is 11.5 Å². The van der Waals surface area contributed by atoms with E-state index in [4.69, 9.17) is 5.11 Å². The highest BCUT2D eigenvalue weighted by Crippen LogP contribution is 2.13. The lowest BCUT2D eigenvalue weighted by molar-refractivity contribution is -0.136. The van der Waals surface area contributed by atoms with E-state index in [1.54, 1.807) is 0 Å². The molecule has 0 aliphatic carbocycles. The fourth-order valence-corrected chi connectivity index (χ4v) is 1.48. The summed E-state index contributed by atoms with van der Waals surface area (Å²) < 4.78 is 4.04. The van der Waals surface area contributed by atoms with Gasteiger partial charge in [0.05, 0.1) is 6.42 Å². The highest BCUT2D eigenvalue weighted by atomic mass is 32.1. The number of aliphatic carboxylic acids is 1. The molecule has 0 saturated carbocycles. The fraction of sp³-hybridized carbons (Fsp3) is 0.571. The second-order valence-corrected chi connectivity index (χ2v) is 3.61. The molecule has 0 atom stereocenters. The van der Waals surface area contributed by atoms with Gasteiger partial charge in [0.15, 0.2) is 0 Å². The minimum absolute atomic E-state index is 0.0234. The van der Waals surface area contributed by atoms with Gasteiger partial charge in [0, 0.05) is 5.92 Å². The molecule has 0 radical (unpaired) electrons. The van der Waals surface area contributed by atoms with Crippen LogP contribution in [0, 0.1) is 0 Å². The molecule has 0 unspecified atom stereocenters. The van der Waals surface area contributed by atoms with Crippen molar-refractivity contribution in [3.05, 3.63) is 10.8 Å². The Morgan fingerprint density at radius 3 is 2.75 bits per heavy atom. The first-order chi connectivity index (χ1) is 5.59. The number of nitrogens with zero attached hydrogens (tertiary/aromatic N) is 2. The van der Waals surface area contributed by atoms with Crippen LogP contribution in [0.3, 0.4) is 0 Å². The van der Waals surface area contributed by atoms with E-state index >= 15 is 0 Å². The van der Waals surface area contributed by atoms with Crippen LogP contribution in [0.15, 0.2) is 0 Å². The van der Waals surface area contributed by atoms with Gasteiger partial charge in [-0.05, 0) is 11.5 Å². The van der Waals surface area contributed by atoms with Gasteiger partial charge in [-0.15, -0.1) is 0 Å². The predicted molar refractivity (Wildman–Crippen MR) is 45.3 cm³/mol. The van der Waals surface area contributed by atoms with E-state index in [2.05, 4.69) is 9.36 Å². The van der Waals surface area contributed by atoms with Crippen LogP contribution in [-0.4, -0.2) is 20.4 Å². The summed E-state index contributed by atoms with van der Waals surface area (Å²) in [6.07, 6.45) is -0.0234. The minimum atomic E-state index is -0.860. The Hall–Kier alpha value is -0.970. The van der Waals surface area contributed by atoms with Crippen LogP contribution < -0.4 is 0 Å². The zero-order chi connectivity index (χ0) is 9.14. The van der Waals surface area contributed by atoms with Crippen LogP contribution in [-0.2, 0) is 11.2 Å². The first-order valence-corrected chi connectivity index (χ1v) is 4.41. The Labute approximate surface area is 74.4 Å². The fourth-order valence-electron chi connectivity index (χ4n) is 0.704. The van der Waals surface area contributed by atoms with Gasteiger partial charge in [0.25, 0.3) is 0 Å². The molecule has 0 fully saturated rings. The van der Waals surface area contributed by atoms with Gasteiger partial charge in [-0.1, -0.05) is 13.8 Å². The van der Waals surface area contributed by atoms with Gasteiger partial charge in [-0.3, -0.25) is 4.79 Å². The molecule has 0 aromatic carbocycles. The first-order valence-electron chi connectivity index (χ1n) is 3.64. The molecule has 1 rings (SSSR count). The average molecular weight is 186 g/mol. The Morgan fingerprint density at radius 2 is 2.33 bits per heavy atom. The predicted octanol–water partition coefficient (Wildman–Crippen LogP) is 1.29. The normalized spacial score (nSPS) is 10.6. The molecule has 1 aromatic heterocycles. The van der Waals surface area contributed by atoms with Crippen LogP contribution in [0.5, 0.6) is 0 Å². The molecule has 4 nitrogen and oxygen atoms in total. The van der Waals surface area contributed by atoms with Crippen molar-refractivity contribution in [3.63, 3.8) is 0 Å². The van der Waals surface area contributed by atoms with E-state index in [0.29, 0.717) is 5.01 Å². The number of rotatable bonds is 3. The molecule has 66 valence electrons. The number of carboxylic acid groups (broad SMARTS) is 1. The Kier molecular flexibility index (Phi) is 2.75. The van der Waals surface area contributed by atoms with Gasteiger partial charge in [0.2, 0.25) is 0 Å². The third kappa shape index (κ3) is 2.27. The van der Waals surface area contributed by atoms with E-state index in [0.717, 1.165) is 17.4 Å². The summed E-state index contributed by atoms with van der Waals surface area (Å²) in [5.74, 6) is 0.140. The van der Waals surface area contributed by atoms with Crippen LogP contribution in [0.25, 0.3) is 0 Å². The topological polar surface area (TPSA) is 63.1 Å². The van der Waals surface area contributed by atoms with Gasteiger partial charge >= 0.3 is 5.97 Å². The first kappa shape index (κ1) is 9.12. The number of carboxylic acids is 1. The van der Waals surface area contributed by atoms with Crippen molar-refractivity contribution in [1.29, 1.82) is 0 Å². The zero-order valence-electron chi connectivity index (χ0n) is 6.94. The SMILES string of the molecule is CC(C)c1nsc(CC(=O)O)n1. The molecule has 1 heterocycles. The van der Waals surface area contributed by atoms with Crippen molar-refractivity contribution in [3.8, 4) is 0 Å². The molecule has 12 heavy (non-hydrogen) atoms. The summed E-state index contributed by atoms with van der Waals surface area (Å²) in [4.78, 5) is 14.4. The molecule has 0 spiro atoms. The lowest BCUT2D eigenvalue weighted by atomic mass is 10.2. The lowest BCUT2D eigenvalue weighted by Gasteiger charge is -1.93. The second kappa shape index (κ2) is 3.62. The third-order valence-electron chi connectivity index (χ3n) is 1.30. The summed E-state index contributed by atoms with van der Waals surface area (Å²) in [7, 11) is 0. The van der Waals surface area contributed by atoms with Crippen molar-refractivity contribution >= 4 is 17.5 Å². The number of aromatic nitrogens is 2. The number of hydrogen-bond donors (Lipinski definition) is 1. The standard InChI is InChI=1S/C7H10N2O2S/c1-4(2)7-8-5(12-9-7)3-6(10)11/h4H,3H2,1-2H3,(H,10,11). The van der Waals surface area contributed by atoms with Crippen molar-refractivity contribution in [2.45, 2.75) is 26.2 Å². The maximum absolute atomic E-state index is 10.3. The lowest BCUT2D eigenvalue weighted by Crippen LogP contribution is -1.99. The van der Waals surface area contributed by atoms with E-state index in [-0.39, 0.29) is 12.3 Å². The highest BCUT2D eigenvalue weighted by Gasteiger charge is 2.09. The summed E-state index contributed by atoms with van der Waals surface area (Å²) in [5, 5.41) is 9.03. The molecular weight excluding hydrogens is 176 g/mol. The maximum Gasteiger partial charge on any atom is 0.310 e. The monoisotopic (exact) mass is 186 g/mol. The second-order valence-electron chi connectivity index (χ2n) is 2.77. The van der Waals surface area contributed by atoms with Crippen molar-refractivity contribution in [2.75, 3.05) is 0 Å². The molecule has 1 aromatic rings. The van der Waals surface area contributed by atoms with Crippen LogP contribution in [0.1, 0.15) is 30.6 Å². The molecule has 5 heteroatoms. The summed E-state index contributed by atoms with van der Waals surface area (Å²) >= 11 is 1.16. The van der Waals surface area contributed by atoms with Crippen molar-refractivity contribution in [2.24, 2.45) is 0 Å². The molecule has 1 N–H and O–H groups in total. The third-order valence-corrected chi connectivity index (χ3v) is 2.03. The highest BCUT2D eigenvalue weighted by molar-refractivity contribution is 7.05. The van der Waals surface area contributed by atoms with E-state index in [1.165, 1.54) is 0 Å². The van der Waals surface area contributed by atoms with Crippen LogP contribution in [0.2, 0.25) is 0 Å². The Bertz CT molecular complexity index is 283. The molecule has 0 bridgehead atoms. The summed E-state index contributed by atoms with van der Waals surface area (Å²) in [5.41, 5.74) is 0. The Morgan fingerprint density at radius 1 is 1.67 bits per heavy atom.